The Morgan fingerprint density at radius 3 is 2.85 bits per heavy atom. The maximum Gasteiger partial charge on any atom is 0.252 e. The minimum atomic E-state index is -0.167. The van der Waals surface area contributed by atoms with E-state index in [2.05, 4.69) is 17.6 Å². The molecule has 1 saturated heterocycles. The maximum atomic E-state index is 12.1. The van der Waals surface area contributed by atoms with Crippen LogP contribution in [-0.2, 0) is 0 Å². The fourth-order valence-corrected chi connectivity index (χ4v) is 2.72. The first-order valence-electron chi connectivity index (χ1n) is 6.45. The van der Waals surface area contributed by atoms with Crippen LogP contribution in [0.25, 0.3) is 0 Å². The molecule has 1 aromatic rings. The van der Waals surface area contributed by atoms with Crippen molar-refractivity contribution < 1.29 is 4.79 Å². The van der Waals surface area contributed by atoms with Crippen LogP contribution in [0.15, 0.2) is 18.2 Å². The van der Waals surface area contributed by atoms with Crippen molar-refractivity contribution >= 4 is 41.5 Å². The van der Waals surface area contributed by atoms with Crippen LogP contribution in [-0.4, -0.2) is 25.5 Å². The van der Waals surface area contributed by atoms with Gasteiger partial charge in [-0.3, -0.25) is 4.79 Å². The summed E-state index contributed by atoms with van der Waals surface area (Å²) in [6, 6.07) is 5.09. The van der Waals surface area contributed by atoms with Gasteiger partial charge in [0.25, 0.3) is 5.91 Å². The first kappa shape index (κ1) is 17.6. The zero-order valence-electron chi connectivity index (χ0n) is 11.3. The number of carbonyl (C=O) groups excluding carboxylic acids is 1. The van der Waals surface area contributed by atoms with E-state index < -0.39 is 0 Å². The number of amides is 1. The van der Waals surface area contributed by atoms with Gasteiger partial charge in [-0.2, -0.15) is 0 Å². The largest absolute Gasteiger partial charge is 0.351 e. The molecule has 6 heteroatoms. The first-order chi connectivity index (χ1) is 9.02. The third kappa shape index (κ3) is 4.26. The fraction of sp³-hybridized carbons (Fsp3) is 0.500. The quantitative estimate of drug-likeness (QED) is 0.886. The topological polar surface area (TPSA) is 41.1 Å². The minimum Gasteiger partial charge on any atom is -0.351 e. The summed E-state index contributed by atoms with van der Waals surface area (Å²) in [5.74, 6) is -0.167. The van der Waals surface area contributed by atoms with Crippen molar-refractivity contribution in [3.8, 4) is 0 Å². The average Bonchev–Trinajstić information content (AvgIpc) is 2.40. The maximum absolute atomic E-state index is 12.1. The zero-order chi connectivity index (χ0) is 13.9. The van der Waals surface area contributed by atoms with E-state index in [0.29, 0.717) is 22.2 Å². The van der Waals surface area contributed by atoms with Crippen molar-refractivity contribution in [2.45, 2.75) is 19.8 Å². The lowest BCUT2D eigenvalue weighted by Gasteiger charge is -2.34. The summed E-state index contributed by atoms with van der Waals surface area (Å²) in [5.41, 5.74) is 0.542. The Morgan fingerprint density at radius 2 is 2.20 bits per heavy atom. The summed E-state index contributed by atoms with van der Waals surface area (Å²) >= 11 is 12.0. The lowest BCUT2D eigenvalue weighted by Crippen LogP contribution is -2.45. The van der Waals surface area contributed by atoms with Gasteiger partial charge in [0, 0.05) is 13.1 Å². The summed E-state index contributed by atoms with van der Waals surface area (Å²) in [4.78, 5) is 12.1. The Kier molecular flexibility index (Phi) is 6.59. The lowest BCUT2D eigenvalue weighted by atomic mass is 9.83. The fourth-order valence-electron chi connectivity index (χ4n) is 2.34. The predicted molar refractivity (Wildman–Crippen MR) is 86.3 cm³/mol. The van der Waals surface area contributed by atoms with Crippen molar-refractivity contribution in [2.24, 2.45) is 5.41 Å². The number of benzene rings is 1. The molecule has 1 aromatic carbocycles. The zero-order valence-corrected chi connectivity index (χ0v) is 13.7. The van der Waals surface area contributed by atoms with Crippen molar-refractivity contribution in [1.82, 2.24) is 10.6 Å². The van der Waals surface area contributed by atoms with Crippen LogP contribution in [0, 0.1) is 5.41 Å². The van der Waals surface area contributed by atoms with E-state index in [-0.39, 0.29) is 23.7 Å². The number of piperidine rings is 1. The van der Waals surface area contributed by atoms with Gasteiger partial charge >= 0.3 is 0 Å². The van der Waals surface area contributed by atoms with E-state index >= 15 is 0 Å². The number of nitrogens with one attached hydrogen (secondary N) is 2. The normalized spacial score (nSPS) is 21.9. The molecular formula is C14H19Cl3N2O. The molecular weight excluding hydrogens is 319 g/mol. The second kappa shape index (κ2) is 7.51. The van der Waals surface area contributed by atoms with Gasteiger partial charge in [-0.25, -0.2) is 0 Å². The Bertz CT molecular complexity index is 473. The SMILES string of the molecule is CC1(CNC(=O)c2cccc(Cl)c2Cl)CCCNC1.Cl. The summed E-state index contributed by atoms with van der Waals surface area (Å²) in [6.07, 6.45) is 2.26. The molecule has 112 valence electrons. The third-order valence-corrected chi connectivity index (χ3v) is 4.38. The van der Waals surface area contributed by atoms with Crippen molar-refractivity contribution in [3.05, 3.63) is 33.8 Å². The Balaban J connectivity index is 0.00000200. The van der Waals surface area contributed by atoms with E-state index in [0.717, 1.165) is 25.9 Å². The van der Waals surface area contributed by atoms with Crippen molar-refractivity contribution in [1.29, 1.82) is 0 Å². The number of carbonyl (C=O) groups is 1. The van der Waals surface area contributed by atoms with Gasteiger partial charge in [-0.1, -0.05) is 36.2 Å². The predicted octanol–water partition coefficient (Wildman–Crippen LogP) is 3.53. The Morgan fingerprint density at radius 1 is 1.45 bits per heavy atom. The monoisotopic (exact) mass is 336 g/mol. The van der Waals surface area contributed by atoms with Crippen LogP contribution in [0.4, 0.5) is 0 Å². The number of hydrogen-bond donors (Lipinski definition) is 2. The number of rotatable bonds is 3. The second-order valence-electron chi connectivity index (χ2n) is 5.38. The molecule has 1 aliphatic rings. The summed E-state index contributed by atoms with van der Waals surface area (Å²) in [5, 5.41) is 7.03. The molecule has 2 N–H and O–H groups in total. The smallest absolute Gasteiger partial charge is 0.252 e. The second-order valence-corrected chi connectivity index (χ2v) is 6.16. The van der Waals surface area contributed by atoms with E-state index in [9.17, 15) is 4.79 Å². The number of hydrogen-bond acceptors (Lipinski definition) is 2. The van der Waals surface area contributed by atoms with Gasteiger partial charge in [0.05, 0.1) is 15.6 Å². The molecule has 1 aliphatic heterocycles. The molecule has 0 bridgehead atoms. The molecule has 1 atom stereocenters. The molecule has 0 spiro atoms. The molecule has 2 rings (SSSR count). The van der Waals surface area contributed by atoms with Crippen LogP contribution in [0.3, 0.4) is 0 Å². The Hall–Kier alpha value is -0.480. The van der Waals surface area contributed by atoms with Crippen LogP contribution in [0.2, 0.25) is 10.0 Å². The highest BCUT2D eigenvalue weighted by Crippen LogP contribution is 2.27. The average molecular weight is 338 g/mol. The third-order valence-electron chi connectivity index (χ3n) is 3.56. The minimum absolute atomic E-state index is 0. The molecule has 20 heavy (non-hydrogen) atoms. The van der Waals surface area contributed by atoms with Crippen LogP contribution >= 0.6 is 35.6 Å². The van der Waals surface area contributed by atoms with Gasteiger partial charge in [-0.05, 0) is 36.9 Å². The first-order valence-corrected chi connectivity index (χ1v) is 7.20. The van der Waals surface area contributed by atoms with Crippen molar-refractivity contribution in [3.63, 3.8) is 0 Å². The van der Waals surface area contributed by atoms with E-state index in [1.165, 1.54) is 0 Å². The van der Waals surface area contributed by atoms with Gasteiger partial charge in [-0.15, -0.1) is 12.4 Å². The summed E-state index contributed by atoms with van der Waals surface area (Å²) in [7, 11) is 0. The highest BCUT2D eigenvalue weighted by Gasteiger charge is 2.27. The standard InChI is InChI=1S/C14H18Cl2N2O.ClH/c1-14(6-3-7-17-8-14)9-18-13(19)10-4-2-5-11(15)12(10)16;/h2,4-5,17H,3,6-9H2,1H3,(H,18,19);1H. The number of halogens is 3. The summed E-state index contributed by atoms with van der Waals surface area (Å²) in [6.45, 7) is 4.81. The van der Waals surface area contributed by atoms with E-state index in [1.54, 1.807) is 18.2 Å². The van der Waals surface area contributed by atoms with Crippen LogP contribution in [0.1, 0.15) is 30.1 Å². The molecule has 0 saturated carbocycles. The molecule has 1 fully saturated rings. The molecule has 0 radical (unpaired) electrons. The van der Waals surface area contributed by atoms with Gasteiger partial charge in [0.2, 0.25) is 0 Å². The van der Waals surface area contributed by atoms with Crippen LogP contribution in [0.5, 0.6) is 0 Å². The molecule has 1 heterocycles. The van der Waals surface area contributed by atoms with E-state index in [4.69, 9.17) is 23.2 Å². The highest BCUT2D eigenvalue weighted by atomic mass is 35.5. The summed E-state index contributed by atoms with van der Waals surface area (Å²) < 4.78 is 0. The molecule has 0 aromatic heterocycles. The van der Waals surface area contributed by atoms with Gasteiger partial charge < -0.3 is 10.6 Å². The molecule has 1 unspecified atom stereocenters. The van der Waals surface area contributed by atoms with Gasteiger partial charge in [0.1, 0.15) is 0 Å². The van der Waals surface area contributed by atoms with Crippen LogP contribution < -0.4 is 10.6 Å². The molecule has 1 amide bonds. The lowest BCUT2D eigenvalue weighted by molar-refractivity contribution is 0.0925. The molecule has 0 aliphatic carbocycles. The highest BCUT2D eigenvalue weighted by molar-refractivity contribution is 6.43. The molecule has 3 nitrogen and oxygen atoms in total. The Labute approximate surface area is 135 Å². The van der Waals surface area contributed by atoms with E-state index in [1.807, 2.05) is 0 Å². The van der Waals surface area contributed by atoms with Crippen molar-refractivity contribution in [2.75, 3.05) is 19.6 Å². The van der Waals surface area contributed by atoms with Gasteiger partial charge in [0.15, 0.2) is 0 Å².